The Morgan fingerprint density at radius 2 is 0.907 bits per heavy atom. The fraction of sp³-hybridized carbons (Fsp3) is 0. The lowest BCUT2D eigenvalue weighted by Gasteiger charge is -2.11. The molecule has 7 aromatic carbocycles. The van der Waals surface area contributed by atoms with Gasteiger partial charge in [0.2, 0.25) is 0 Å². The summed E-state index contributed by atoms with van der Waals surface area (Å²) in [6, 6.07) is 61.4. The first-order valence-corrected chi connectivity index (χ1v) is 18.1. The first-order chi connectivity index (χ1) is 26.8. The highest BCUT2D eigenvalue weighted by Gasteiger charge is 2.19. The van der Waals surface area contributed by atoms with Gasteiger partial charge in [0.1, 0.15) is 5.69 Å². The number of nitrogens with zero attached hydrogens (tertiary/aromatic N) is 6. The second-order valence-electron chi connectivity index (χ2n) is 13.6. The molecule has 0 aliphatic carbocycles. The zero-order chi connectivity index (χ0) is 35.6. The summed E-state index contributed by atoms with van der Waals surface area (Å²) in [5, 5.41) is 7.15. The summed E-state index contributed by atoms with van der Waals surface area (Å²) in [6.07, 6.45) is 1.93. The summed E-state index contributed by atoms with van der Waals surface area (Å²) >= 11 is 0. The van der Waals surface area contributed by atoms with Crippen molar-refractivity contribution in [3.63, 3.8) is 0 Å². The van der Waals surface area contributed by atoms with Gasteiger partial charge in [0.25, 0.3) is 0 Å². The molecule has 0 unspecified atom stereocenters. The Morgan fingerprint density at radius 1 is 0.333 bits per heavy atom. The van der Waals surface area contributed by atoms with Gasteiger partial charge in [-0.25, -0.2) is 15.0 Å². The van der Waals surface area contributed by atoms with Gasteiger partial charge in [-0.1, -0.05) is 121 Å². The topological polar surface area (TPSA) is 61.4 Å². The van der Waals surface area contributed by atoms with E-state index in [1.165, 1.54) is 32.4 Å². The molecule has 0 saturated heterocycles. The van der Waals surface area contributed by atoms with E-state index in [0.717, 1.165) is 44.4 Å². The van der Waals surface area contributed by atoms with Gasteiger partial charge >= 0.3 is 0 Å². The van der Waals surface area contributed by atoms with Gasteiger partial charge in [-0.15, -0.1) is 0 Å². The van der Waals surface area contributed by atoms with Gasteiger partial charge in [0, 0.05) is 38.4 Å². The van der Waals surface area contributed by atoms with Crippen LogP contribution in [0.3, 0.4) is 0 Å². The van der Waals surface area contributed by atoms with Crippen LogP contribution >= 0.6 is 0 Å². The van der Waals surface area contributed by atoms with Crippen molar-refractivity contribution < 1.29 is 0 Å². The number of aromatic nitrogens is 6. The first-order valence-electron chi connectivity index (χ1n) is 18.1. The monoisotopic (exact) mass is 690 g/mol. The Balaban J connectivity index is 1.09. The van der Waals surface area contributed by atoms with Crippen LogP contribution in [0.5, 0.6) is 0 Å². The summed E-state index contributed by atoms with van der Waals surface area (Å²) < 4.78 is 4.68. The van der Waals surface area contributed by atoms with Crippen LogP contribution in [0.25, 0.3) is 100 Å². The van der Waals surface area contributed by atoms with Crippen molar-refractivity contribution in [3.05, 3.63) is 182 Å². The molecule has 0 fully saturated rings. The van der Waals surface area contributed by atoms with Crippen molar-refractivity contribution in [3.8, 4) is 45.7 Å². The summed E-state index contributed by atoms with van der Waals surface area (Å²) in [7, 11) is 0. The summed E-state index contributed by atoms with van der Waals surface area (Å²) in [5.74, 6) is 1.74. The summed E-state index contributed by atoms with van der Waals surface area (Å²) in [4.78, 5) is 19.9. The SMILES string of the molecule is c1ccc(-c2nc(-c3ccc4ccccc4c3)nc(-c3ccc(-n4c5ccccc5c5cc6c7ccccc7n(-c7ccccc7)c6cc54)cn3)n2)cc1. The highest BCUT2D eigenvalue weighted by molar-refractivity contribution is 6.19. The van der Waals surface area contributed by atoms with E-state index in [4.69, 9.17) is 19.9 Å². The van der Waals surface area contributed by atoms with Crippen molar-refractivity contribution in [2.45, 2.75) is 0 Å². The van der Waals surface area contributed by atoms with E-state index < -0.39 is 0 Å². The predicted molar refractivity (Wildman–Crippen MR) is 220 cm³/mol. The zero-order valence-corrected chi connectivity index (χ0v) is 29.0. The Labute approximate surface area is 310 Å². The van der Waals surface area contributed by atoms with Crippen molar-refractivity contribution in [1.29, 1.82) is 0 Å². The second kappa shape index (κ2) is 12.1. The molecule has 0 radical (unpaired) electrons. The Hall–Kier alpha value is -7.44. The number of rotatable bonds is 5. The average Bonchev–Trinajstić information content (AvgIpc) is 3.75. The molecule has 54 heavy (non-hydrogen) atoms. The molecule has 0 N–H and O–H groups in total. The highest BCUT2D eigenvalue weighted by Crippen LogP contribution is 2.39. The van der Waals surface area contributed by atoms with Gasteiger partial charge in [-0.05, 0) is 65.4 Å². The average molecular weight is 691 g/mol. The van der Waals surface area contributed by atoms with Crippen LogP contribution in [-0.4, -0.2) is 29.1 Å². The third kappa shape index (κ3) is 4.81. The second-order valence-corrected chi connectivity index (χ2v) is 13.6. The molecule has 6 nitrogen and oxygen atoms in total. The molecule has 0 aliphatic rings. The molecular weight excluding hydrogens is 661 g/mol. The normalized spacial score (nSPS) is 11.7. The maximum atomic E-state index is 5.02. The number of hydrogen-bond donors (Lipinski definition) is 0. The molecule has 252 valence electrons. The molecule has 0 atom stereocenters. The van der Waals surface area contributed by atoms with Gasteiger partial charge < -0.3 is 9.13 Å². The van der Waals surface area contributed by atoms with Crippen LogP contribution in [0.4, 0.5) is 0 Å². The minimum atomic E-state index is 0.523. The van der Waals surface area contributed by atoms with Crippen molar-refractivity contribution in [1.82, 2.24) is 29.1 Å². The number of fused-ring (bicyclic) bond motifs is 7. The fourth-order valence-corrected chi connectivity index (χ4v) is 7.88. The molecular formula is C48H30N6. The molecule has 4 heterocycles. The lowest BCUT2D eigenvalue weighted by molar-refractivity contribution is 1.05. The van der Waals surface area contributed by atoms with Crippen LogP contribution in [0.1, 0.15) is 0 Å². The molecule has 0 aliphatic heterocycles. The standard InChI is InChI=1S/C48H30N6/c1-3-14-32(15-4-1)46-50-47(34-24-23-31-13-7-8-16-33(31)27-34)52-48(51-46)41-26-25-36(30-49-41)54-43-22-12-10-20-38(43)40-28-39-37-19-9-11-21-42(37)53(44(39)29-45(40)54)35-17-5-2-6-18-35/h1-30H. The van der Waals surface area contributed by atoms with Crippen molar-refractivity contribution >= 4 is 54.4 Å². The third-order valence-electron chi connectivity index (χ3n) is 10.4. The van der Waals surface area contributed by atoms with Gasteiger partial charge in [-0.2, -0.15) is 0 Å². The molecule has 0 spiro atoms. The minimum Gasteiger partial charge on any atom is -0.309 e. The molecule has 4 aromatic heterocycles. The van der Waals surface area contributed by atoms with E-state index in [2.05, 4.69) is 149 Å². The van der Waals surface area contributed by atoms with E-state index in [0.29, 0.717) is 23.2 Å². The van der Waals surface area contributed by atoms with Crippen LogP contribution in [0.2, 0.25) is 0 Å². The molecule has 0 amide bonds. The Kier molecular flexibility index (Phi) is 6.75. The fourth-order valence-electron chi connectivity index (χ4n) is 7.88. The molecule has 11 aromatic rings. The quantitative estimate of drug-likeness (QED) is 0.180. The van der Waals surface area contributed by atoms with Crippen LogP contribution in [0.15, 0.2) is 182 Å². The van der Waals surface area contributed by atoms with Crippen LogP contribution in [-0.2, 0) is 0 Å². The van der Waals surface area contributed by atoms with E-state index in [1.807, 2.05) is 42.6 Å². The third-order valence-corrected chi connectivity index (χ3v) is 10.4. The minimum absolute atomic E-state index is 0.523. The number of para-hydroxylation sites is 3. The molecule has 11 rings (SSSR count). The van der Waals surface area contributed by atoms with Gasteiger partial charge in [0.05, 0.1) is 34.0 Å². The maximum absolute atomic E-state index is 5.02. The Bertz CT molecular complexity index is 3200. The van der Waals surface area contributed by atoms with Crippen molar-refractivity contribution in [2.75, 3.05) is 0 Å². The molecule has 6 heteroatoms. The molecule has 0 saturated carbocycles. The van der Waals surface area contributed by atoms with Gasteiger partial charge in [-0.3, -0.25) is 4.98 Å². The Morgan fingerprint density at radius 3 is 1.59 bits per heavy atom. The lowest BCUT2D eigenvalue weighted by atomic mass is 10.1. The van der Waals surface area contributed by atoms with E-state index in [-0.39, 0.29) is 0 Å². The number of benzene rings is 7. The van der Waals surface area contributed by atoms with Gasteiger partial charge in [0.15, 0.2) is 17.5 Å². The van der Waals surface area contributed by atoms with Crippen LogP contribution < -0.4 is 0 Å². The van der Waals surface area contributed by atoms with E-state index in [1.54, 1.807) is 0 Å². The highest BCUT2D eigenvalue weighted by atomic mass is 15.1. The number of pyridine rings is 1. The summed E-state index contributed by atoms with van der Waals surface area (Å²) in [6.45, 7) is 0. The lowest BCUT2D eigenvalue weighted by Crippen LogP contribution is -2.02. The van der Waals surface area contributed by atoms with E-state index in [9.17, 15) is 0 Å². The van der Waals surface area contributed by atoms with Crippen molar-refractivity contribution in [2.24, 2.45) is 0 Å². The maximum Gasteiger partial charge on any atom is 0.182 e. The largest absolute Gasteiger partial charge is 0.309 e. The number of hydrogen-bond acceptors (Lipinski definition) is 4. The first kappa shape index (κ1) is 30.2. The van der Waals surface area contributed by atoms with E-state index >= 15 is 0 Å². The predicted octanol–water partition coefficient (Wildman–Crippen LogP) is 11.6. The zero-order valence-electron chi connectivity index (χ0n) is 29.0. The molecule has 0 bridgehead atoms. The smallest absolute Gasteiger partial charge is 0.182 e. The summed E-state index contributed by atoms with van der Waals surface area (Å²) in [5.41, 5.74) is 9.18. The van der Waals surface area contributed by atoms with Crippen LogP contribution in [0, 0.1) is 0 Å².